The molecule has 0 amide bonds. The quantitative estimate of drug-likeness (QED) is 0.659. The first-order valence-electron chi connectivity index (χ1n) is 7.20. The first-order valence-corrected chi connectivity index (χ1v) is 7.58. The normalized spacial score (nSPS) is 21.2. The maximum Gasteiger partial charge on any atom is 0.278 e. The molecule has 21 heavy (non-hydrogen) atoms. The molecule has 1 atom stereocenters. The molecule has 1 aliphatic carbocycles. The van der Waals surface area contributed by atoms with E-state index in [0.717, 1.165) is 39.0 Å². The van der Waals surface area contributed by atoms with Crippen molar-refractivity contribution in [2.75, 3.05) is 26.2 Å². The summed E-state index contributed by atoms with van der Waals surface area (Å²) in [5, 5.41) is 25.1. The molecule has 0 aromatic heterocycles. The van der Waals surface area contributed by atoms with E-state index in [1.54, 1.807) is 0 Å². The first kappa shape index (κ1) is 14.6. The number of piperazine rings is 1. The zero-order valence-electron chi connectivity index (χ0n) is 11.6. The molecule has 6 nitrogen and oxygen atoms in total. The number of nitrogens with zero attached hydrogens (tertiary/aromatic N) is 2. The molecular weight excluding hydrogens is 294 g/mol. The first-order chi connectivity index (χ1) is 10.1. The molecule has 0 unspecified atom stereocenters. The average molecular weight is 312 g/mol. The third-order valence-corrected chi connectivity index (χ3v) is 4.56. The molecule has 1 aliphatic heterocycles. The van der Waals surface area contributed by atoms with Gasteiger partial charge in [-0.15, -0.1) is 0 Å². The molecule has 114 valence electrons. The van der Waals surface area contributed by atoms with Crippen molar-refractivity contribution in [1.29, 1.82) is 0 Å². The largest absolute Gasteiger partial charge is 0.506 e. The number of phenolic OH excluding ortho intramolecular Hbond substituents is 1. The van der Waals surface area contributed by atoms with Gasteiger partial charge in [0.1, 0.15) is 5.75 Å². The maximum atomic E-state index is 11.3. The highest BCUT2D eigenvalue weighted by Gasteiger charge is 2.42. The van der Waals surface area contributed by atoms with Crippen LogP contribution in [-0.4, -0.2) is 41.1 Å². The minimum Gasteiger partial charge on any atom is -0.506 e. The van der Waals surface area contributed by atoms with Crippen molar-refractivity contribution in [1.82, 2.24) is 10.2 Å². The Morgan fingerprint density at radius 2 is 2.05 bits per heavy atom. The van der Waals surface area contributed by atoms with E-state index in [-0.39, 0.29) is 22.5 Å². The summed E-state index contributed by atoms with van der Waals surface area (Å²) in [6, 6.07) is 2.67. The number of benzene rings is 1. The number of hydrogen-bond donors (Lipinski definition) is 2. The average Bonchev–Trinajstić information content (AvgIpc) is 3.29. The SMILES string of the molecule is O=[N+]([O-])c1ccc(Cl)c(O)c1[C@H](C1CC1)N1CCNCC1. The van der Waals surface area contributed by atoms with E-state index in [0.29, 0.717) is 11.5 Å². The van der Waals surface area contributed by atoms with Crippen LogP contribution in [0.2, 0.25) is 5.02 Å². The van der Waals surface area contributed by atoms with Gasteiger partial charge < -0.3 is 10.4 Å². The maximum absolute atomic E-state index is 11.3. The zero-order chi connectivity index (χ0) is 15.0. The lowest BCUT2D eigenvalue weighted by Gasteiger charge is -2.35. The van der Waals surface area contributed by atoms with Gasteiger partial charge in [-0.2, -0.15) is 0 Å². The number of nitro benzene ring substituents is 1. The zero-order valence-corrected chi connectivity index (χ0v) is 12.3. The Balaban J connectivity index is 2.05. The van der Waals surface area contributed by atoms with Gasteiger partial charge in [0.05, 0.1) is 15.5 Å². The van der Waals surface area contributed by atoms with Gasteiger partial charge in [0.2, 0.25) is 0 Å². The van der Waals surface area contributed by atoms with Crippen LogP contribution in [-0.2, 0) is 0 Å². The van der Waals surface area contributed by atoms with Crippen LogP contribution >= 0.6 is 11.6 Å². The third kappa shape index (κ3) is 2.84. The Hall–Kier alpha value is -1.37. The van der Waals surface area contributed by atoms with Crippen molar-refractivity contribution in [3.63, 3.8) is 0 Å². The number of nitrogens with one attached hydrogen (secondary N) is 1. The lowest BCUT2D eigenvalue weighted by Crippen LogP contribution is -2.45. The van der Waals surface area contributed by atoms with E-state index < -0.39 is 4.92 Å². The minimum atomic E-state index is -0.428. The summed E-state index contributed by atoms with van der Waals surface area (Å²) in [5.74, 6) is 0.229. The second kappa shape index (κ2) is 5.79. The number of nitro groups is 1. The van der Waals surface area contributed by atoms with Crippen LogP contribution in [0.25, 0.3) is 0 Å². The van der Waals surface area contributed by atoms with Crippen molar-refractivity contribution in [2.24, 2.45) is 5.92 Å². The fourth-order valence-electron chi connectivity index (χ4n) is 3.11. The molecule has 7 heteroatoms. The van der Waals surface area contributed by atoms with E-state index in [4.69, 9.17) is 11.6 Å². The molecule has 1 aromatic carbocycles. The number of rotatable bonds is 4. The standard InChI is InChI=1S/C14H18ClN3O3/c15-10-3-4-11(18(20)21)12(14(10)19)13(9-1-2-9)17-7-5-16-6-8-17/h3-4,9,13,16,19H,1-2,5-8H2/t13-/m0/s1. The highest BCUT2D eigenvalue weighted by Crippen LogP contribution is 2.51. The van der Waals surface area contributed by atoms with E-state index >= 15 is 0 Å². The molecule has 1 heterocycles. The lowest BCUT2D eigenvalue weighted by atomic mass is 9.97. The number of aromatic hydroxyl groups is 1. The van der Waals surface area contributed by atoms with Gasteiger partial charge in [0.25, 0.3) is 5.69 Å². The molecular formula is C14H18ClN3O3. The van der Waals surface area contributed by atoms with E-state index in [1.807, 2.05) is 0 Å². The molecule has 0 bridgehead atoms. The van der Waals surface area contributed by atoms with Gasteiger partial charge in [-0.05, 0) is 24.8 Å². The van der Waals surface area contributed by atoms with Crippen molar-refractivity contribution in [2.45, 2.75) is 18.9 Å². The summed E-state index contributed by atoms with van der Waals surface area (Å²) < 4.78 is 0. The van der Waals surface area contributed by atoms with E-state index in [1.165, 1.54) is 12.1 Å². The molecule has 2 N–H and O–H groups in total. The highest BCUT2D eigenvalue weighted by molar-refractivity contribution is 6.32. The Kier molecular flexibility index (Phi) is 4.01. The second-order valence-corrected chi connectivity index (χ2v) is 6.06. The Morgan fingerprint density at radius 3 is 2.62 bits per heavy atom. The van der Waals surface area contributed by atoms with Crippen molar-refractivity contribution in [3.8, 4) is 5.75 Å². The monoisotopic (exact) mass is 311 g/mol. The summed E-state index contributed by atoms with van der Waals surface area (Å²) >= 11 is 6.00. The minimum absolute atomic E-state index is 0.0349. The molecule has 2 fully saturated rings. The number of phenols is 1. The van der Waals surface area contributed by atoms with Gasteiger partial charge in [-0.3, -0.25) is 15.0 Å². The topological polar surface area (TPSA) is 78.6 Å². The van der Waals surface area contributed by atoms with Crippen LogP contribution in [0.1, 0.15) is 24.4 Å². The van der Waals surface area contributed by atoms with Gasteiger partial charge in [-0.1, -0.05) is 11.6 Å². The molecule has 0 radical (unpaired) electrons. The molecule has 1 aromatic rings. The Morgan fingerprint density at radius 1 is 1.38 bits per heavy atom. The summed E-state index contributed by atoms with van der Waals surface area (Å²) in [6.07, 6.45) is 2.08. The number of halogens is 1. The van der Waals surface area contributed by atoms with Gasteiger partial charge in [-0.25, -0.2) is 0 Å². The van der Waals surface area contributed by atoms with Crippen LogP contribution < -0.4 is 5.32 Å². The predicted octanol–water partition coefficient (Wildman–Crippen LogP) is 2.31. The van der Waals surface area contributed by atoms with Crippen LogP contribution in [0.5, 0.6) is 5.75 Å². The van der Waals surface area contributed by atoms with Crippen LogP contribution in [0.3, 0.4) is 0 Å². The molecule has 1 saturated heterocycles. The van der Waals surface area contributed by atoms with Gasteiger partial charge in [0.15, 0.2) is 0 Å². The molecule has 0 spiro atoms. The van der Waals surface area contributed by atoms with Gasteiger partial charge in [0, 0.05) is 38.3 Å². The summed E-state index contributed by atoms with van der Waals surface area (Å²) in [5.41, 5.74) is 0.351. The predicted molar refractivity (Wildman–Crippen MR) is 79.7 cm³/mol. The summed E-state index contributed by atoms with van der Waals surface area (Å²) in [4.78, 5) is 13.1. The second-order valence-electron chi connectivity index (χ2n) is 5.65. The van der Waals surface area contributed by atoms with Crippen molar-refractivity contribution < 1.29 is 10.0 Å². The fraction of sp³-hybridized carbons (Fsp3) is 0.571. The Labute approximate surface area is 127 Å². The van der Waals surface area contributed by atoms with Crippen molar-refractivity contribution in [3.05, 3.63) is 32.8 Å². The third-order valence-electron chi connectivity index (χ3n) is 4.25. The van der Waals surface area contributed by atoms with Gasteiger partial charge >= 0.3 is 0 Å². The smallest absolute Gasteiger partial charge is 0.278 e. The molecule has 2 aliphatic rings. The van der Waals surface area contributed by atoms with Crippen LogP contribution in [0.15, 0.2) is 12.1 Å². The summed E-state index contributed by atoms with van der Waals surface area (Å²) in [7, 11) is 0. The molecule has 3 rings (SSSR count). The fourth-order valence-corrected chi connectivity index (χ4v) is 3.28. The molecule has 1 saturated carbocycles. The lowest BCUT2D eigenvalue weighted by molar-refractivity contribution is -0.386. The van der Waals surface area contributed by atoms with E-state index in [2.05, 4.69) is 10.2 Å². The van der Waals surface area contributed by atoms with Crippen LogP contribution in [0, 0.1) is 16.0 Å². The van der Waals surface area contributed by atoms with E-state index in [9.17, 15) is 15.2 Å². The summed E-state index contributed by atoms with van der Waals surface area (Å²) in [6.45, 7) is 3.37. The van der Waals surface area contributed by atoms with Crippen molar-refractivity contribution >= 4 is 17.3 Å². The number of hydrogen-bond acceptors (Lipinski definition) is 5. The van der Waals surface area contributed by atoms with Crippen LogP contribution in [0.4, 0.5) is 5.69 Å². The highest BCUT2D eigenvalue weighted by atomic mass is 35.5. The Bertz CT molecular complexity index is 557.